The molecule has 9 heteroatoms. The predicted molar refractivity (Wildman–Crippen MR) is 41.7 cm³/mol. The summed E-state index contributed by atoms with van der Waals surface area (Å²) in [6, 6.07) is 0. The standard InChI is InChI=1S/C5H12O7P2/c1-2-3-4-5-11-14(9,10)12-13(6,7)8/h2H,1,3-5H2,(H,9,10)(H2,6,7,8)/p-3. The Hall–Kier alpha value is -0.0000000000000000416. The zero-order valence-electron chi connectivity index (χ0n) is 7.16. The lowest BCUT2D eigenvalue weighted by Gasteiger charge is -2.35. The molecule has 0 aliphatic heterocycles. The lowest BCUT2D eigenvalue weighted by molar-refractivity contribution is -0.339. The van der Waals surface area contributed by atoms with E-state index in [-0.39, 0.29) is 6.61 Å². The summed E-state index contributed by atoms with van der Waals surface area (Å²) in [6.45, 7) is 3.12. The molecule has 0 aromatic heterocycles. The van der Waals surface area contributed by atoms with Gasteiger partial charge in [0.2, 0.25) is 0 Å². The Kier molecular flexibility index (Phi) is 5.78. The van der Waals surface area contributed by atoms with Gasteiger partial charge in [0.15, 0.2) is 0 Å². The molecule has 84 valence electrons. The van der Waals surface area contributed by atoms with Crippen LogP contribution in [-0.4, -0.2) is 6.61 Å². The largest absolute Gasteiger partial charge is 0.790 e. The molecule has 0 saturated heterocycles. The molecular formula is C5H9O7P2-3. The molecule has 0 aliphatic carbocycles. The molecule has 0 radical (unpaired) electrons. The van der Waals surface area contributed by atoms with E-state index in [1.54, 1.807) is 0 Å². The maximum Gasteiger partial charge on any atom is 0.271 e. The van der Waals surface area contributed by atoms with Crippen molar-refractivity contribution in [3.05, 3.63) is 12.7 Å². The van der Waals surface area contributed by atoms with Crippen LogP contribution < -0.4 is 14.7 Å². The summed E-state index contributed by atoms with van der Waals surface area (Å²) < 4.78 is 27.8. The van der Waals surface area contributed by atoms with Crippen LogP contribution in [0.1, 0.15) is 12.8 Å². The van der Waals surface area contributed by atoms with Gasteiger partial charge in [-0.1, -0.05) is 6.08 Å². The highest BCUT2D eigenvalue weighted by Crippen LogP contribution is 2.50. The van der Waals surface area contributed by atoms with Crippen LogP contribution >= 0.6 is 15.6 Å². The van der Waals surface area contributed by atoms with Gasteiger partial charge in [-0.2, -0.15) is 0 Å². The van der Waals surface area contributed by atoms with E-state index in [2.05, 4.69) is 15.4 Å². The van der Waals surface area contributed by atoms with Crippen molar-refractivity contribution in [2.75, 3.05) is 6.61 Å². The van der Waals surface area contributed by atoms with Gasteiger partial charge in [-0.05, 0) is 12.8 Å². The SMILES string of the molecule is C=CCCCOP(=O)([O-])OP(=O)([O-])[O-]. The minimum absolute atomic E-state index is 0.257. The summed E-state index contributed by atoms with van der Waals surface area (Å²) in [5.41, 5.74) is 0. The van der Waals surface area contributed by atoms with Gasteiger partial charge in [0.25, 0.3) is 7.82 Å². The molecule has 1 atom stereocenters. The minimum Gasteiger partial charge on any atom is -0.790 e. The van der Waals surface area contributed by atoms with Crippen molar-refractivity contribution in [1.82, 2.24) is 0 Å². The quantitative estimate of drug-likeness (QED) is 0.328. The zero-order chi connectivity index (χ0) is 11.2. The molecule has 0 fully saturated rings. The average Bonchev–Trinajstić information content (AvgIpc) is 1.93. The second-order valence-electron chi connectivity index (χ2n) is 2.24. The Morgan fingerprint density at radius 3 is 2.29 bits per heavy atom. The molecule has 0 N–H and O–H groups in total. The Balaban J connectivity index is 3.90. The van der Waals surface area contributed by atoms with Crippen LogP contribution in [0.4, 0.5) is 0 Å². The Morgan fingerprint density at radius 1 is 1.29 bits per heavy atom. The Bertz CT molecular complexity index is 269. The van der Waals surface area contributed by atoms with Gasteiger partial charge in [0, 0.05) is 0 Å². The van der Waals surface area contributed by atoms with Crippen LogP contribution in [-0.2, 0) is 18.0 Å². The average molecular weight is 243 g/mol. The molecule has 0 heterocycles. The highest BCUT2D eigenvalue weighted by atomic mass is 31.3. The highest BCUT2D eigenvalue weighted by molar-refractivity contribution is 7.58. The summed E-state index contributed by atoms with van der Waals surface area (Å²) in [4.78, 5) is 30.4. The number of rotatable bonds is 7. The topological polar surface area (TPSA) is 122 Å². The minimum atomic E-state index is -5.56. The van der Waals surface area contributed by atoms with Crippen LogP contribution in [0, 0.1) is 0 Å². The molecule has 0 amide bonds. The van der Waals surface area contributed by atoms with Gasteiger partial charge in [-0.3, -0.25) is 8.88 Å². The fourth-order valence-electron chi connectivity index (χ4n) is 0.550. The second-order valence-corrected chi connectivity index (χ2v) is 4.94. The maximum atomic E-state index is 10.6. The molecule has 7 nitrogen and oxygen atoms in total. The molecule has 0 aromatic carbocycles. The monoisotopic (exact) mass is 243 g/mol. The van der Waals surface area contributed by atoms with Crippen LogP contribution in [0.5, 0.6) is 0 Å². The summed E-state index contributed by atoms with van der Waals surface area (Å²) in [5.74, 6) is 0. The van der Waals surface area contributed by atoms with Crippen LogP contribution in [0.3, 0.4) is 0 Å². The van der Waals surface area contributed by atoms with E-state index < -0.39 is 15.6 Å². The van der Waals surface area contributed by atoms with Crippen LogP contribution in [0.2, 0.25) is 0 Å². The first-order valence-corrected chi connectivity index (χ1v) is 6.49. The number of phosphoric acid groups is 2. The van der Waals surface area contributed by atoms with E-state index in [9.17, 15) is 23.8 Å². The van der Waals surface area contributed by atoms with E-state index in [4.69, 9.17) is 0 Å². The maximum absolute atomic E-state index is 10.6. The Morgan fingerprint density at radius 2 is 1.86 bits per heavy atom. The molecule has 0 saturated carbocycles. The van der Waals surface area contributed by atoms with E-state index in [1.807, 2.05) is 0 Å². The van der Waals surface area contributed by atoms with E-state index >= 15 is 0 Å². The number of hydrogen-bond acceptors (Lipinski definition) is 7. The van der Waals surface area contributed by atoms with Crippen molar-refractivity contribution in [1.29, 1.82) is 0 Å². The fourth-order valence-corrected chi connectivity index (χ4v) is 2.07. The van der Waals surface area contributed by atoms with Crippen molar-refractivity contribution in [2.45, 2.75) is 12.8 Å². The zero-order valence-corrected chi connectivity index (χ0v) is 8.95. The van der Waals surface area contributed by atoms with Gasteiger partial charge in [0.1, 0.15) is 0 Å². The molecule has 0 bridgehead atoms. The third-order valence-corrected chi connectivity index (χ3v) is 3.10. The summed E-state index contributed by atoms with van der Waals surface area (Å²) in [7, 11) is -10.6. The number of phosphoric ester groups is 1. The van der Waals surface area contributed by atoms with Crippen molar-refractivity contribution >= 4 is 15.6 Å². The molecule has 0 rings (SSSR count). The van der Waals surface area contributed by atoms with Crippen molar-refractivity contribution in [3.8, 4) is 0 Å². The van der Waals surface area contributed by atoms with Crippen molar-refractivity contribution in [3.63, 3.8) is 0 Å². The third-order valence-electron chi connectivity index (χ3n) is 1.00. The third kappa shape index (κ3) is 8.59. The fraction of sp³-hybridized carbons (Fsp3) is 0.600. The van der Waals surface area contributed by atoms with Gasteiger partial charge in [-0.15, -0.1) is 6.58 Å². The molecule has 1 unspecified atom stereocenters. The summed E-state index contributed by atoms with van der Waals surface area (Å²) >= 11 is 0. The summed E-state index contributed by atoms with van der Waals surface area (Å²) in [5, 5.41) is 0. The van der Waals surface area contributed by atoms with Gasteiger partial charge in [0.05, 0.1) is 14.4 Å². The van der Waals surface area contributed by atoms with Crippen LogP contribution in [0.15, 0.2) is 12.7 Å². The lowest BCUT2D eigenvalue weighted by atomic mass is 10.3. The predicted octanol–water partition coefficient (Wildman–Crippen LogP) is -0.717. The first kappa shape index (κ1) is 14.0. The van der Waals surface area contributed by atoms with Crippen molar-refractivity contribution < 1.29 is 32.6 Å². The van der Waals surface area contributed by atoms with E-state index in [1.165, 1.54) is 6.08 Å². The van der Waals surface area contributed by atoms with Gasteiger partial charge >= 0.3 is 0 Å². The first-order valence-electron chi connectivity index (χ1n) is 3.57. The van der Waals surface area contributed by atoms with E-state index in [0.29, 0.717) is 12.8 Å². The lowest BCUT2D eigenvalue weighted by Crippen LogP contribution is -2.19. The number of unbranched alkanes of at least 4 members (excludes halogenated alkanes) is 1. The first-order chi connectivity index (χ1) is 6.27. The number of allylic oxidation sites excluding steroid dienone is 1. The van der Waals surface area contributed by atoms with E-state index in [0.717, 1.165) is 0 Å². The summed E-state index contributed by atoms with van der Waals surface area (Å²) in [6.07, 6.45) is 2.37. The molecule has 14 heavy (non-hydrogen) atoms. The molecular weight excluding hydrogens is 234 g/mol. The van der Waals surface area contributed by atoms with Crippen LogP contribution in [0.25, 0.3) is 0 Å². The molecule has 0 aliphatic rings. The van der Waals surface area contributed by atoms with Gasteiger partial charge < -0.3 is 23.8 Å². The Labute approximate surface area is 81.2 Å². The highest BCUT2D eigenvalue weighted by Gasteiger charge is 2.10. The molecule has 0 spiro atoms. The smallest absolute Gasteiger partial charge is 0.271 e. The normalized spacial score (nSPS) is 16.2. The second kappa shape index (κ2) is 5.78. The van der Waals surface area contributed by atoms with Gasteiger partial charge in [-0.25, -0.2) is 0 Å². The van der Waals surface area contributed by atoms with Crippen molar-refractivity contribution in [2.24, 2.45) is 0 Å². The number of hydrogen-bond donors (Lipinski definition) is 0. The molecule has 0 aromatic rings.